The second-order valence-corrected chi connectivity index (χ2v) is 3.63. The Morgan fingerprint density at radius 1 is 1.33 bits per heavy atom. The highest BCUT2D eigenvalue weighted by atomic mass is 35.5. The molecule has 15 heavy (non-hydrogen) atoms. The van der Waals surface area contributed by atoms with Crippen LogP contribution in [0.15, 0.2) is 24.3 Å². The van der Waals surface area contributed by atoms with Crippen molar-refractivity contribution >= 4 is 12.4 Å². The van der Waals surface area contributed by atoms with Crippen LogP contribution >= 0.6 is 12.4 Å². The molecule has 0 aliphatic carbocycles. The molecule has 0 saturated carbocycles. The van der Waals surface area contributed by atoms with Gasteiger partial charge in [-0.1, -0.05) is 12.1 Å². The summed E-state index contributed by atoms with van der Waals surface area (Å²) in [6.07, 6.45) is 1.05. The minimum absolute atomic E-state index is 0. The van der Waals surface area contributed by atoms with E-state index in [9.17, 15) is 4.39 Å². The number of nitrogens with two attached hydrogens (primary N) is 1. The summed E-state index contributed by atoms with van der Waals surface area (Å²) in [6.45, 7) is 1.38. The Morgan fingerprint density at radius 2 is 2.00 bits per heavy atom. The second-order valence-electron chi connectivity index (χ2n) is 3.63. The Labute approximate surface area is 95.0 Å². The summed E-state index contributed by atoms with van der Waals surface area (Å²) < 4.78 is 18.3. The van der Waals surface area contributed by atoms with Gasteiger partial charge in [0.05, 0.1) is 6.10 Å². The van der Waals surface area contributed by atoms with Gasteiger partial charge in [-0.25, -0.2) is 4.39 Å². The smallest absolute Gasteiger partial charge is 0.123 e. The number of ether oxygens (including phenoxy) is 1. The van der Waals surface area contributed by atoms with Crippen molar-refractivity contribution in [1.82, 2.24) is 0 Å². The van der Waals surface area contributed by atoms with Crippen molar-refractivity contribution in [2.24, 2.45) is 11.7 Å². The van der Waals surface area contributed by atoms with Gasteiger partial charge in [-0.05, 0) is 30.7 Å². The zero-order chi connectivity index (χ0) is 9.97. The fraction of sp³-hybridized carbons (Fsp3) is 0.455. The summed E-state index contributed by atoms with van der Waals surface area (Å²) in [7, 11) is 0. The molecule has 84 valence electrons. The number of halogens is 2. The lowest BCUT2D eigenvalue weighted by atomic mass is 9.96. The Hall–Kier alpha value is -0.640. The third-order valence-electron chi connectivity index (χ3n) is 2.72. The predicted molar refractivity (Wildman–Crippen MR) is 59.5 cm³/mol. The minimum atomic E-state index is -0.212. The van der Waals surface area contributed by atoms with Crippen LogP contribution in [0.5, 0.6) is 0 Å². The van der Waals surface area contributed by atoms with Crippen molar-refractivity contribution in [3.05, 3.63) is 35.6 Å². The van der Waals surface area contributed by atoms with Gasteiger partial charge in [0, 0.05) is 12.5 Å². The molecule has 2 nitrogen and oxygen atoms in total. The van der Waals surface area contributed by atoms with Crippen LogP contribution in [0, 0.1) is 11.7 Å². The maximum absolute atomic E-state index is 12.7. The van der Waals surface area contributed by atoms with Crippen LogP contribution in [0.1, 0.15) is 18.1 Å². The molecule has 1 aliphatic rings. The number of rotatable bonds is 2. The number of hydrogen-bond acceptors (Lipinski definition) is 2. The van der Waals surface area contributed by atoms with Crippen molar-refractivity contribution in [3.8, 4) is 0 Å². The van der Waals surface area contributed by atoms with E-state index in [0.29, 0.717) is 12.5 Å². The van der Waals surface area contributed by atoms with Gasteiger partial charge >= 0.3 is 0 Å². The summed E-state index contributed by atoms with van der Waals surface area (Å²) in [5.74, 6) is 0.163. The van der Waals surface area contributed by atoms with E-state index in [0.717, 1.165) is 18.6 Å². The molecule has 1 saturated heterocycles. The fourth-order valence-electron chi connectivity index (χ4n) is 1.90. The first-order valence-electron chi connectivity index (χ1n) is 4.88. The van der Waals surface area contributed by atoms with Crippen molar-refractivity contribution in [1.29, 1.82) is 0 Å². The van der Waals surface area contributed by atoms with Gasteiger partial charge in [0.25, 0.3) is 0 Å². The topological polar surface area (TPSA) is 35.2 Å². The zero-order valence-electron chi connectivity index (χ0n) is 8.36. The van der Waals surface area contributed by atoms with E-state index in [4.69, 9.17) is 10.5 Å². The van der Waals surface area contributed by atoms with Gasteiger partial charge in [-0.3, -0.25) is 0 Å². The van der Waals surface area contributed by atoms with E-state index < -0.39 is 0 Å². The lowest BCUT2D eigenvalue weighted by Crippen LogP contribution is -2.17. The first-order valence-corrected chi connectivity index (χ1v) is 4.88. The average molecular weight is 232 g/mol. The SMILES string of the molecule is Cl.NCC1CCOC1c1ccc(F)cc1. The summed E-state index contributed by atoms with van der Waals surface area (Å²) in [5.41, 5.74) is 6.66. The van der Waals surface area contributed by atoms with Crippen LogP contribution < -0.4 is 5.73 Å². The second kappa shape index (κ2) is 5.45. The maximum atomic E-state index is 12.7. The van der Waals surface area contributed by atoms with E-state index in [1.807, 2.05) is 0 Å². The maximum Gasteiger partial charge on any atom is 0.123 e. The standard InChI is InChI=1S/C11H14FNO.ClH/c12-10-3-1-8(2-4-10)11-9(7-13)5-6-14-11;/h1-4,9,11H,5-7,13H2;1H. The normalized spacial score (nSPS) is 24.9. The van der Waals surface area contributed by atoms with Gasteiger partial charge in [0.2, 0.25) is 0 Å². The largest absolute Gasteiger partial charge is 0.373 e. The minimum Gasteiger partial charge on any atom is -0.373 e. The van der Waals surface area contributed by atoms with Crippen molar-refractivity contribution < 1.29 is 9.13 Å². The molecule has 0 aromatic heterocycles. The van der Waals surface area contributed by atoms with Crippen LogP contribution in [0.25, 0.3) is 0 Å². The van der Waals surface area contributed by atoms with E-state index in [1.165, 1.54) is 12.1 Å². The molecule has 2 unspecified atom stereocenters. The van der Waals surface area contributed by atoms with Crippen LogP contribution in [0.4, 0.5) is 4.39 Å². The van der Waals surface area contributed by atoms with Gasteiger partial charge < -0.3 is 10.5 Å². The molecular weight excluding hydrogens is 217 g/mol. The summed E-state index contributed by atoms with van der Waals surface area (Å²) in [5, 5.41) is 0. The van der Waals surface area contributed by atoms with E-state index >= 15 is 0 Å². The van der Waals surface area contributed by atoms with E-state index in [1.54, 1.807) is 12.1 Å². The molecule has 0 spiro atoms. The molecule has 1 aliphatic heterocycles. The Balaban J connectivity index is 0.00000112. The van der Waals surface area contributed by atoms with Gasteiger partial charge in [0.1, 0.15) is 5.82 Å². The summed E-state index contributed by atoms with van der Waals surface area (Å²) >= 11 is 0. The Kier molecular flexibility index (Phi) is 4.51. The van der Waals surface area contributed by atoms with Gasteiger partial charge in [-0.2, -0.15) is 0 Å². The molecular formula is C11H15ClFNO. The van der Waals surface area contributed by atoms with Crippen molar-refractivity contribution in [2.45, 2.75) is 12.5 Å². The molecule has 0 amide bonds. The highest BCUT2D eigenvalue weighted by molar-refractivity contribution is 5.85. The van der Waals surface area contributed by atoms with Crippen molar-refractivity contribution in [2.75, 3.05) is 13.2 Å². The number of benzene rings is 1. The molecule has 1 aromatic carbocycles. The molecule has 2 atom stereocenters. The van der Waals surface area contributed by atoms with Gasteiger partial charge in [0.15, 0.2) is 0 Å². The lowest BCUT2D eigenvalue weighted by Gasteiger charge is -2.16. The quantitative estimate of drug-likeness (QED) is 0.848. The van der Waals surface area contributed by atoms with Gasteiger partial charge in [-0.15, -0.1) is 12.4 Å². The number of hydrogen-bond donors (Lipinski definition) is 1. The average Bonchev–Trinajstić information content (AvgIpc) is 2.67. The Morgan fingerprint density at radius 3 is 2.60 bits per heavy atom. The van der Waals surface area contributed by atoms with Crippen LogP contribution in [-0.4, -0.2) is 13.2 Å². The fourth-order valence-corrected chi connectivity index (χ4v) is 1.90. The molecule has 0 radical (unpaired) electrons. The summed E-state index contributed by atoms with van der Waals surface area (Å²) in [4.78, 5) is 0. The molecule has 1 aromatic rings. The molecule has 1 heterocycles. The molecule has 0 bridgehead atoms. The Bertz CT molecular complexity index is 304. The monoisotopic (exact) mass is 231 g/mol. The van der Waals surface area contributed by atoms with Crippen molar-refractivity contribution in [3.63, 3.8) is 0 Å². The highest BCUT2D eigenvalue weighted by Gasteiger charge is 2.28. The molecule has 4 heteroatoms. The van der Waals surface area contributed by atoms with Crippen LogP contribution in [-0.2, 0) is 4.74 Å². The first-order chi connectivity index (χ1) is 6.81. The molecule has 2 N–H and O–H groups in total. The van der Waals surface area contributed by atoms with Crippen LogP contribution in [0.2, 0.25) is 0 Å². The van der Waals surface area contributed by atoms with Crippen LogP contribution in [0.3, 0.4) is 0 Å². The molecule has 2 rings (SSSR count). The van der Waals surface area contributed by atoms with E-state index in [-0.39, 0.29) is 24.3 Å². The highest BCUT2D eigenvalue weighted by Crippen LogP contribution is 2.33. The predicted octanol–water partition coefficient (Wildman–Crippen LogP) is 2.28. The van der Waals surface area contributed by atoms with E-state index in [2.05, 4.69) is 0 Å². The third-order valence-corrected chi connectivity index (χ3v) is 2.72. The summed E-state index contributed by atoms with van der Waals surface area (Å²) in [6, 6.07) is 6.47. The lowest BCUT2D eigenvalue weighted by molar-refractivity contribution is 0.0924. The molecule has 1 fully saturated rings. The first kappa shape index (κ1) is 12.4. The third kappa shape index (κ3) is 2.68. The zero-order valence-corrected chi connectivity index (χ0v) is 9.17.